The third kappa shape index (κ3) is 1.74. The van der Waals surface area contributed by atoms with Crippen LogP contribution in [0.4, 0.5) is 4.39 Å². The maximum absolute atomic E-state index is 12.9. The van der Waals surface area contributed by atoms with Gasteiger partial charge in [0.05, 0.1) is 0 Å². The zero-order valence-corrected chi connectivity index (χ0v) is 6.63. The molecule has 0 aliphatic heterocycles. The minimum absolute atomic E-state index is 0.444. The van der Waals surface area contributed by atoms with E-state index in [2.05, 4.69) is 4.98 Å². The Bertz CT molecular complexity index is 253. The van der Waals surface area contributed by atoms with E-state index in [9.17, 15) is 4.39 Å². The van der Waals surface area contributed by atoms with Crippen molar-refractivity contribution in [1.82, 2.24) is 4.98 Å². The molecular formula is C8H11FN2. The van der Waals surface area contributed by atoms with Gasteiger partial charge >= 0.3 is 0 Å². The van der Waals surface area contributed by atoms with Crippen LogP contribution in [0.5, 0.6) is 0 Å². The quantitative estimate of drug-likeness (QED) is 0.621. The van der Waals surface area contributed by atoms with Crippen LogP contribution in [-0.2, 0) is 5.54 Å². The molecule has 0 bridgehead atoms. The second-order valence-corrected chi connectivity index (χ2v) is 3.06. The smallest absolute Gasteiger partial charge is 0.217 e. The zero-order valence-electron chi connectivity index (χ0n) is 6.63. The molecule has 1 aromatic heterocycles. The first-order valence-electron chi connectivity index (χ1n) is 3.41. The molecule has 60 valence electrons. The monoisotopic (exact) mass is 154 g/mol. The van der Waals surface area contributed by atoms with E-state index >= 15 is 0 Å². The van der Waals surface area contributed by atoms with Crippen LogP contribution in [0, 0.1) is 5.95 Å². The second kappa shape index (κ2) is 2.58. The lowest BCUT2D eigenvalue weighted by Gasteiger charge is -2.18. The first-order chi connectivity index (χ1) is 5.02. The largest absolute Gasteiger partial charge is 0.322 e. The third-order valence-electron chi connectivity index (χ3n) is 1.45. The number of halogens is 1. The topological polar surface area (TPSA) is 38.9 Å². The minimum Gasteiger partial charge on any atom is -0.322 e. The van der Waals surface area contributed by atoms with Crippen LogP contribution in [0.15, 0.2) is 18.3 Å². The maximum Gasteiger partial charge on any atom is 0.217 e. The Morgan fingerprint density at radius 2 is 2.18 bits per heavy atom. The Morgan fingerprint density at radius 1 is 1.55 bits per heavy atom. The summed E-state index contributed by atoms with van der Waals surface area (Å²) in [5.41, 5.74) is 5.47. The van der Waals surface area contributed by atoms with Gasteiger partial charge in [-0.15, -0.1) is 0 Å². The highest BCUT2D eigenvalue weighted by Crippen LogP contribution is 2.17. The van der Waals surface area contributed by atoms with E-state index in [-0.39, 0.29) is 0 Å². The minimum atomic E-state index is -0.654. The van der Waals surface area contributed by atoms with Gasteiger partial charge in [0, 0.05) is 17.3 Å². The highest BCUT2D eigenvalue weighted by atomic mass is 19.1. The van der Waals surface area contributed by atoms with E-state index in [0.29, 0.717) is 5.56 Å². The summed E-state index contributed by atoms with van der Waals surface area (Å²) in [6.45, 7) is 3.49. The molecule has 0 spiro atoms. The van der Waals surface area contributed by atoms with E-state index in [1.165, 1.54) is 6.20 Å². The first kappa shape index (κ1) is 8.14. The molecular weight excluding hydrogens is 143 g/mol. The highest BCUT2D eigenvalue weighted by Gasteiger charge is 2.18. The van der Waals surface area contributed by atoms with Crippen molar-refractivity contribution in [3.63, 3.8) is 0 Å². The summed E-state index contributed by atoms with van der Waals surface area (Å²) in [5.74, 6) is -0.486. The lowest BCUT2D eigenvalue weighted by molar-refractivity contribution is 0.482. The average molecular weight is 154 g/mol. The molecule has 0 aromatic carbocycles. The summed E-state index contributed by atoms with van der Waals surface area (Å²) in [7, 11) is 0. The van der Waals surface area contributed by atoms with Gasteiger partial charge in [0.25, 0.3) is 0 Å². The number of nitrogens with two attached hydrogens (primary N) is 1. The van der Waals surface area contributed by atoms with Crippen molar-refractivity contribution in [2.24, 2.45) is 5.73 Å². The fraction of sp³-hybridized carbons (Fsp3) is 0.375. The molecule has 0 aliphatic carbocycles. The fourth-order valence-electron chi connectivity index (χ4n) is 0.867. The van der Waals surface area contributed by atoms with Gasteiger partial charge in [0.1, 0.15) is 0 Å². The number of hydrogen-bond donors (Lipinski definition) is 1. The Kier molecular flexibility index (Phi) is 1.91. The summed E-state index contributed by atoms with van der Waals surface area (Å²) in [4.78, 5) is 3.50. The predicted molar refractivity (Wildman–Crippen MR) is 41.4 cm³/mol. The molecule has 3 heteroatoms. The predicted octanol–water partition coefficient (Wildman–Crippen LogP) is 1.41. The standard InChI is InChI=1S/C8H11FN2/c1-8(2,10)6-4-3-5-11-7(6)9/h3-5H,10H2,1-2H3. The second-order valence-electron chi connectivity index (χ2n) is 3.06. The van der Waals surface area contributed by atoms with Crippen molar-refractivity contribution in [2.75, 3.05) is 0 Å². The van der Waals surface area contributed by atoms with Crippen LogP contribution < -0.4 is 5.73 Å². The van der Waals surface area contributed by atoms with Gasteiger partial charge in [-0.05, 0) is 19.9 Å². The summed E-state index contributed by atoms with van der Waals surface area (Å²) in [6, 6.07) is 3.31. The van der Waals surface area contributed by atoms with Crippen molar-refractivity contribution in [1.29, 1.82) is 0 Å². The van der Waals surface area contributed by atoms with Gasteiger partial charge in [0.15, 0.2) is 0 Å². The van der Waals surface area contributed by atoms with Gasteiger partial charge in [-0.25, -0.2) is 4.98 Å². The summed E-state index contributed by atoms with van der Waals surface area (Å²) in [6.07, 6.45) is 1.41. The molecule has 1 rings (SSSR count). The van der Waals surface area contributed by atoms with Crippen LogP contribution in [0.2, 0.25) is 0 Å². The van der Waals surface area contributed by atoms with Crippen LogP contribution in [0.1, 0.15) is 19.4 Å². The molecule has 11 heavy (non-hydrogen) atoms. The molecule has 1 heterocycles. The van der Waals surface area contributed by atoms with Crippen molar-refractivity contribution >= 4 is 0 Å². The SMILES string of the molecule is CC(C)(N)c1cccnc1F. The van der Waals surface area contributed by atoms with Crippen molar-refractivity contribution in [3.05, 3.63) is 29.8 Å². The Labute approximate surface area is 65.3 Å². The highest BCUT2D eigenvalue weighted by molar-refractivity contribution is 5.18. The molecule has 1 aromatic rings. The molecule has 0 aliphatic rings. The number of rotatable bonds is 1. The Morgan fingerprint density at radius 3 is 2.55 bits per heavy atom. The average Bonchev–Trinajstić information content (AvgIpc) is 1.86. The van der Waals surface area contributed by atoms with Crippen molar-refractivity contribution in [3.8, 4) is 0 Å². The van der Waals surface area contributed by atoms with Gasteiger partial charge in [0.2, 0.25) is 5.95 Å². The molecule has 2 N–H and O–H groups in total. The maximum atomic E-state index is 12.9. The first-order valence-corrected chi connectivity index (χ1v) is 3.41. The Hall–Kier alpha value is -0.960. The Balaban J connectivity index is 3.14. The van der Waals surface area contributed by atoms with E-state index < -0.39 is 11.5 Å². The van der Waals surface area contributed by atoms with Crippen LogP contribution in [-0.4, -0.2) is 4.98 Å². The number of aromatic nitrogens is 1. The molecule has 0 atom stereocenters. The summed E-state index contributed by atoms with van der Waals surface area (Å²) in [5, 5.41) is 0. The van der Waals surface area contributed by atoms with Crippen molar-refractivity contribution in [2.45, 2.75) is 19.4 Å². The van der Waals surface area contributed by atoms with Gasteiger partial charge < -0.3 is 5.73 Å². The van der Waals surface area contributed by atoms with Crippen LogP contribution >= 0.6 is 0 Å². The van der Waals surface area contributed by atoms with Gasteiger partial charge in [-0.3, -0.25) is 0 Å². The van der Waals surface area contributed by atoms with E-state index in [1.54, 1.807) is 26.0 Å². The molecule has 0 fully saturated rings. The van der Waals surface area contributed by atoms with E-state index in [0.717, 1.165) is 0 Å². The zero-order chi connectivity index (χ0) is 8.48. The van der Waals surface area contributed by atoms with Crippen LogP contribution in [0.3, 0.4) is 0 Å². The summed E-state index contributed by atoms with van der Waals surface area (Å²) >= 11 is 0. The van der Waals surface area contributed by atoms with E-state index in [4.69, 9.17) is 5.73 Å². The van der Waals surface area contributed by atoms with E-state index in [1.807, 2.05) is 0 Å². The molecule has 0 radical (unpaired) electrons. The number of pyridine rings is 1. The molecule has 0 saturated heterocycles. The van der Waals surface area contributed by atoms with Gasteiger partial charge in [-0.1, -0.05) is 6.07 Å². The molecule has 0 unspecified atom stereocenters. The van der Waals surface area contributed by atoms with Gasteiger partial charge in [-0.2, -0.15) is 4.39 Å². The van der Waals surface area contributed by atoms with Crippen molar-refractivity contribution < 1.29 is 4.39 Å². The third-order valence-corrected chi connectivity index (χ3v) is 1.45. The number of hydrogen-bond acceptors (Lipinski definition) is 2. The van der Waals surface area contributed by atoms with Crippen LogP contribution in [0.25, 0.3) is 0 Å². The normalized spacial score (nSPS) is 11.6. The molecule has 0 saturated carbocycles. The summed E-state index contributed by atoms with van der Waals surface area (Å²) < 4.78 is 12.9. The molecule has 2 nitrogen and oxygen atoms in total. The lowest BCUT2D eigenvalue weighted by Crippen LogP contribution is -2.30. The fourth-order valence-corrected chi connectivity index (χ4v) is 0.867. The molecule has 0 amide bonds. The number of nitrogens with zero attached hydrogens (tertiary/aromatic N) is 1. The lowest BCUT2D eigenvalue weighted by atomic mass is 9.97.